The minimum atomic E-state index is -0.603. The van der Waals surface area contributed by atoms with Crippen LogP contribution in [0.5, 0.6) is 0 Å². The number of nitrogens with one attached hydrogen (secondary N) is 2. The van der Waals surface area contributed by atoms with Crippen molar-refractivity contribution in [1.29, 1.82) is 0 Å². The third kappa shape index (κ3) is 7.69. The molecule has 2 heterocycles. The molecular formula is C23H36N4O6S. The molecule has 0 spiro atoms. The number of esters is 2. The fourth-order valence-electron chi connectivity index (χ4n) is 3.61. The van der Waals surface area contributed by atoms with Crippen LogP contribution in [0.1, 0.15) is 66.6 Å². The van der Waals surface area contributed by atoms with Gasteiger partial charge in [0.2, 0.25) is 5.91 Å². The highest BCUT2D eigenvalue weighted by Gasteiger charge is 2.29. The summed E-state index contributed by atoms with van der Waals surface area (Å²) in [6, 6.07) is -0.372. The van der Waals surface area contributed by atoms with Gasteiger partial charge in [0.25, 0.3) is 0 Å². The average molecular weight is 497 g/mol. The van der Waals surface area contributed by atoms with E-state index in [0.717, 1.165) is 11.3 Å². The Kier molecular flexibility index (Phi) is 9.87. The number of hydrogen-bond donors (Lipinski definition) is 2. The van der Waals surface area contributed by atoms with Crippen molar-refractivity contribution in [2.75, 3.05) is 51.3 Å². The molecule has 11 heteroatoms. The molecule has 3 amide bonds. The molecule has 2 N–H and O–H groups in total. The molecule has 10 nitrogen and oxygen atoms in total. The SMILES string of the molecule is CCOC(=O)c1sc(NC(=O)N2CCCN(CC(=O)NC(C)(C)C)CC2)c(C(=O)OCC)c1C. The highest BCUT2D eigenvalue weighted by molar-refractivity contribution is 7.18. The topological polar surface area (TPSA) is 117 Å². The van der Waals surface area contributed by atoms with Crippen molar-refractivity contribution in [2.45, 2.75) is 53.5 Å². The van der Waals surface area contributed by atoms with Crippen molar-refractivity contribution in [1.82, 2.24) is 15.1 Å². The molecule has 0 radical (unpaired) electrons. The van der Waals surface area contributed by atoms with Gasteiger partial charge in [-0.3, -0.25) is 15.0 Å². The third-order valence-corrected chi connectivity index (χ3v) is 6.25. The van der Waals surface area contributed by atoms with Crippen molar-refractivity contribution in [3.8, 4) is 0 Å². The Bertz CT molecular complexity index is 908. The summed E-state index contributed by atoms with van der Waals surface area (Å²) in [5, 5.41) is 6.00. The molecule has 0 saturated carbocycles. The molecule has 0 unspecified atom stereocenters. The van der Waals surface area contributed by atoms with E-state index in [0.29, 0.717) is 38.2 Å². The number of urea groups is 1. The zero-order valence-electron chi connectivity index (χ0n) is 20.9. The van der Waals surface area contributed by atoms with Crippen LogP contribution in [0.3, 0.4) is 0 Å². The summed E-state index contributed by atoms with van der Waals surface area (Å²) in [4.78, 5) is 54.1. The van der Waals surface area contributed by atoms with E-state index in [1.807, 2.05) is 25.7 Å². The van der Waals surface area contributed by atoms with Gasteiger partial charge in [-0.05, 0) is 53.5 Å². The van der Waals surface area contributed by atoms with E-state index in [1.54, 1.807) is 25.7 Å². The molecule has 190 valence electrons. The monoisotopic (exact) mass is 496 g/mol. The zero-order valence-corrected chi connectivity index (χ0v) is 21.7. The van der Waals surface area contributed by atoms with Gasteiger partial charge in [0, 0.05) is 31.7 Å². The second-order valence-corrected chi connectivity index (χ2v) is 10.1. The fourth-order valence-corrected chi connectivity index (χ4v) is 4.69. The number of ether oxygens (including phenoxy) is 2. The Morgan fingerprint density at radius 1 is 0.971 bits per heavy atom. The van der Waals surface area contributed by atoms with Crippen LogP contribution < -0.4 is 10.6 Å². The molecule has 1 aliphatic heterocycles. The Morgan fingerprint density at radius 2 is 1.62 bits per heavy atom. The number of rotatable bonds is 7. The first-order valence-electron chi connectivity index (χ1n) is 11.5. The molecule has 1 aromatic heterocycles. The first-order valence-corrected chi connectivity index (χ1v) is 12.3. The lowest BCUT2D eigenvalue weighted by atomic mass is 10.1. The Labute approximate surface area is 204 Å². The first-order chi connectivity index (χ1) is 16.0. The smallest absolute Gasteiger partial charge is 0.348 e. The van der Waals surface area contributed by atoms with Crippen LogP contribution in [0, 0.1) is 6.92 Å². The summed E-state index contributed by atoms with van der Waals surface area (Å²) in [5.41, 5.74) is 0.287. The maximum atomic E-state index is 13.0. The van der Waals surface area contributed by atoms with Crippen LogP contribution in [0.4, 0.5) is 9.80 Å². The Morgan fingerprint density at radius 3 is 2.24 bits per heavy atom. The highest BCUT2D eigenvalue weighted by Crippen LogP contribution is 2.34. The molecule has 1 fully saturated rings. The van der Waals surface area contributed by atoms with Crippen LogP contribution in [0.25, 0.3) is 0 Å². The minimum Gasteiger partial charge on any atom is -0.462 e. The maximum absolute atomic E-state index is 13.0. The highest BCUT2D eigenvalue weighted by atomic mass is 32.1. The molecule has 0 aliphatic carbocycles. The number of carbonyl (C=O) groups excluding carboxylic acids is 4. The number of hydrogen-bond acceptors (Lipinski definition) is 8. The van der Waals surface area contributed by atoms with E-state index in [1.165, 1.54) is 0 Å². The van der Waals surface area contributed by atoms with Gasteiger partial charge >= 0.3 is 18.0 Å². The van der Waals surface area contributed by atoms with Gasteiger partial charge in [-0.1, -0.05) is 0 Å². The van der Waals surface area contributed by atoms with E-state index in [9.17, 15) is 19.2 Å². The van der Waals surface area contributed by atoms with Crippen molar-refractivity contribution >= 4 is 40.2 Å². The van der Waals surface area contributed by atoms with Gasteiger partial charge in [0.15, 0.2) is 0 Å². The number of nitrogens with zero attached hydrogens (tertiary/aromatic N) is 2. The quantitative estimate of drug-likeness (QED) is 0.558. The molecule has 1 aliphatic rings. The van der Waals surface area contributed by atoms with E-state index < -0.39 is 11.9 Å². The average Bonchev–Trinajstić information content (AvgIpc) is 2.88. The van der Waals surface area contributed by atoms with Crippen molar-refractivity contribution in [3.63, 3.8) is 0 Å². The molecule has 0 bridgehead atoms. The van der Waals surface area contributed by atoms with E-state index in [4.69, 9.17) is 9.47 Å². The number of carbonyl (C=O) groups is 4. The second kappa shape index (κ2) is 12.2. The minimum absolute atomic E-state index is 0.0509. The van der Waals surface area contributed by atoms with Gasteiger partial charge in [-0.15, -0.1) is 11.3 Å². The predicted molar refractivity (Wildman–Crippen MR) is 131 cm³/mol. The fraction of sp³-hybridized carbons (Fsp3) is 0.652. The van der Waals surface area contributed by atoms with Gasteiger partial charge in [0.1, 0.15) is 9.88 Å². The lowest BCUT2D eigenvalue weighted by Gasteiger charge is -2.25. The molecule has 34 heavy (non-hydrogen) atoms. The van der Waals surface area contributed by atoms with Gasteiger partial charge < -0.3 is 19.7 Å². The Hall–Kier alpha value is -2.66. The number of thiophene rings is 1. The molecule has 0 atom stereocenters. The normalized spacial score (nSPS) is 14.8. The predicted octanol–water partition coefficient (Wildman–Crippen LogP) is 2.86. The summed E-state index contributed by atoms with van der Waals surface area (Å²) >= 11 is 1.00. The molecular weight excluding hydrogens is 460 g/mol. The van der Waals surface area contributed by atoms with Gasteiger partial charge in [-0.2, -0.15) is 0 Å². The van der Waals surface area contributed by atoms with Crippen molar-refractivity contribution < 1.29 is 28.7 Å². The van der Waals surface area contributed by atoms with E-state index in [-0.39, 0.29) is 52.7 Å². The van der Waals surface area contributed by atoms with Gasteiger partial charge in [0.05, 0.1) is 25.3 Å². The molecule has 1 aromatic rings. The number of anilines is 1. The largest absolute Gasteiger partial charge is 0.462 e. The molecule has 2 rings (SSSR count). The third-order valence-electron chi connectivity index (χ3n) is 5.06. The van der Waals surface area contributed by atoms with Crippen molar-refractivity contribution in [3.05, 3.63) is 16.0 Å². The second-order valence-electron chi connectivity index (χ2n) is 9.05. The van der Waals surface area contributed by atoms with Crippen LogP contribution >= 0.6 is 11.3 Å². The molecule has 1 saturated heterocycles. The standard InChI is InChI=1S/C23H36N4O6S/c1-7-32-20(29)17-15(3)18(21(30)33-8-2)34-19(17)24-22(31)27-11-9-10-26(12-13-27)14-16(28)25-23(4,5)6/h7-14H2,1-6H3,(H,24,31)(H,25,28). The summed E-state index contributed by atoms with van der Waals surface area (Å²) in [6.45, 7) is 13.6. The van der Waals surface area contributed by atoms with Gasteiger partial charge in [-0.25, -0.2) is 14.4 Å². The first kappa shape index (κ1) is 27.6. The summed E-state index contributed by atoms with van der Waals surface area (Å²) in [7, 11) is 0. The summed E-state index contributed by atoms with van der Waals surface area (Å²) < 4.78 is 10.2. The van der Waals surface area contributed by atoms with E-state index in [2.05, 4.69) is 10.6 Å². The van der Waals surface area contributed by atoms with Crippen LogP contribution in [-0.2, 0) is 14.3 Å². The number of amides is 3. The van der Waals surface area contributed by atoms with Crippen molar-refractivity contribution in [2.24, 2.45) is 0 Å². The van der Waals surface area contributed by atoms with Crippen LogP contribution in [-0.4, -0.2) is 85.2 Å². The summed E-state index contributed by atoms with van der Waals surface area (Å²) in [5.74, 6) is -1.20. The summed E-state index contributed by atoms with van der Waals surface area (Å²) in [6.07, 6.45) is 0.707. The maximum Gasteiger partial charge on any atom is 0.348 e. The van der Waals surface area contributed by atoms with Crippen LogP contribution in [0.15, 0.2) is 0 Å². The lowest BCUT2D eigenvalue weighted by Crippen LogP contribution is -2.46. The Balaban J connectivity index is 2.11. The van der Waals surface area contributed by atoms with Crippen LogP contribution in [0.2, 0.25) is 0 Å². The molecule has 0 aromatic carbocycles. The lowest BCUT2D eigenvalue weighted by molar-refractivity contribution is -0.123. The van der Waals surface area contributed by atoms with E-state index >= 15 is 0 Å². The zero-order chi connectivity index (χ0) is 25.5.